The van der Waals surface area contributed by atoms with Crippen LogP contribution in [0, 0.1) is 0 Å². The van der Waals surface area contributed by atoms with Gasteiger partial charge in [-0.1, -0.05) is 170 Å². The van der Waals surface area contributed by atoms with Crippen molar-refractivity contribution in [1.82, 2.24) is 19.4 Å². The van der Waals surface area contributed by atoms with Crippen molar-refractivity contribution in [2.45, 2.75) is 0 Å². The van der Waals surface area contributed by atoms with Gasteiger partial charge in [-0.15, -0.1) is 0 Å². The second-order valence-corrected chi connectivity index (χ2v) is 16.3. The number of fused-ring (bicyclic) bond motifs is 9. The number of imidazole rings is 1. The van der Waals surface area contributed by atoms with E-state index in [1.165, 1.54) is 43.1 Å². The van der Waals surface area contributed by atoms with Crippen molar-refractivity contribution in [3.63, 3.8) is 0 Å². The Morgan fingerprint density at radius 1 is 0.302 bits per heavy atom. The Bertz CT molecular complexity index is 3850. The number of aromatic nitrogens is 4. The average Bonchev–Trinajstić information content (AvgIpc) is 3.75. The number of rotatable bonds is 5. The fourth-order valence-electron chi connectivity index (χ4n) is 9.87. The van der Waals surface area contributed by atoms with Crippen molar-refractivity contribution in [2.75, 3.05) is 0 Å². The first kappa shape index (κ1) is 35.3. The normalized spacial score (nSPS) is 11.8. The van der Waals surface area contributed by atoms with Gasteiger partial charge in [0.15, 0.2) is 5.82 Å². The van der Waals surface area contributed by atoms with Crippen LogP contribution in [0.4, 0.5) is 0 Å². The molecule has 0 bridgehead atoms. The SMILES string of the molecule is c1ccc2cc(-c3nc4ccccn4c3-c3ccc(-c4nc(-c5cc6ccccc6c6ccccc56)cc(-c5cc6ccccc6c6ccccc56)n4)c4ccccc34)ccc2c1. The minimum absolute atomic E-state index is 0.674. The number of hydrogen-bond acceptors (Lipinski definition) is 3. The summed E-state index contributed by atoms with van der Waals surface area (Å²) in [6, 6.07) is 75.9. The first-order valence-electron chi connectivity index (χ1n) is 21.4. The Labute approximate surface area is 363 Å². The van der Waals surface area contributed by atoms with Crippen LogP contribution in [0.2, 0.25) is 0 Å². The van der Waals surface area contributed by atoms with Gasteiger partial charge < -0.3 is 0 Å². The van der Waals surface area contributed by atoms with E-state index in [0.29, 0.717) is 5.82 Å². The van der Waals surface area contributed by atoms with Gasteiger partial charge in [-0.05, 0) is 107 Å². The Morgan fingerprint density at radius 2 is 0.778 bits per heavy atom. The molecule has 292 valence electrons. The molecule has 0 aliphatic heterocycles. The van der Waals surface area contributed by atoms with E-state index in [2.05, 4.69) is 223 Å². The maximum Gasteiger partial charge on any atom is 0.161 e. The number of hydrogen-bond donors (Lipinski definition) is 0. The van der Waals surface area contributed by atoms with Gasteiger partial charge in [0, 0.05) is 34.0 Å². The largest absolute Gasteiger partial charge is 0.299 e. The Balaban J connectivity index is 1.08. The predicted molar refractivity (Wildman–Crippen MR) is 263 cm³/mol. The lowest BCUT2D eigenvalue weighted by Crippen LogP contribution is -1.99. The van der Waals surface area contributed by atoms with Crippen molar-refractivity contribution in [3.05, 3.63) is 219 Å². The fourth-order valence-corrected chi connectivity index (χ4v) is 9.87. The van der Waals surface area contributed by atoms with Crippen molar-refractivity contribution in [3.8, 4) is 56.4 Å². The molecule has 0 unspecified atom stereocenters. The maximum absolute atomic E-state index is 5.56. The zero-order chi connectivity index (χ0) is 41.4. The molecule has 10 aromatic carbocycles. The van der Waals surface area contributed by atoms with Crippen LogP contribution >= 0.6 is 0 Å². The first-order chi connectivity index (χ1) is 31.2. The molecule has 0 amide bonds. The van der Waals surface area contributed by atoms with Gasteiger partial charge in [0.2, 0.25) is 0 Å². The summed E-state index contributed by atoms with van der Waals surface area (Å²) in [6.07, 6.45) is 2.12. The highest BCUT2D eigenvalue weighted by Crippen LogP contribution is 2.43. The summed E-state index contributed by atoms with van der Waals surface area (Å²) in [6.45, 7) is 0. The van der Waals surface area contributed by atoms with Crippen LogP contribution in [0.15, 0.2) is 219 Å². The van der Waals surface area contributed by atoms with Crippen LogP contribution in [0.5, 0.6) is 0 Å². The molecule has 0 aliphatic carbocycles. The van der Waals surface area contributed by atoms with Gasteiger partial charge in [-0.2, -0.15) is 0 Å². The minimum atomic E-state index is 0.674. The van der Waals surface area contributed by atoms with Crippen molar-refractivity contribution in [1.29, 1.82) is 0 Å². The van der Waals surface area contributed by atoms with Gasteiger partial charge in [0.1, 0.15) is 5.65 Å². The summed E-state index contributed by atoms with van der Waals surface area (Å²) in [7, 11) is 0. The molecule has 0 N–H and O–H groups in total. The molecule has 0 saturated carbocycles. The molecule has 0 atom stereocenters. The molecule has 3 heterocycles. The van der Waals surface area contributed by atoms with Gasteiger partial charge in [-0.3, -0.25) is 4.40 Å². The van der Waals surface area contributed by atoms with Crippen LogP contribution in [0.3, 0.4) is 0 Å². The molecule has 3 aromatic heterocycles. The van der Waals surface area contributed by atoms with Gasteiger partial charge in [0.25, 0.3) is 0 Å². The van der Waals surface area contributed by atoms with Gasteiger partial charge >= 0.3 is 0 Å². The predicted octanol–water partition coefficient (Wildman–Crippen LogP) is 15.4. The molecular weight excluding hydrogens is 765 g/mol. The zero-order valence-electron chi connectivity index (χ0n) is 34.1. The average molecular weight is 801 g/mol. The maximum atomic E-state index is 5.56. The van der Waals surface area contributed by atoms with E-state index in [4.69, 9.17) is 15.0 Å². The molecule has 0 radical (unpaired) electrons. The third-order valence-electron chi connectivity index (χ3n) is 12.8. The van der Waals surface area contributed by atoms with E-state index in [0.717, 1.165) is 77.8 Å². The molecule has 0 spiro atoms. The Kier molecular flexibility index (Phi) is 7.87. The highest BCUT2D eigenvalue weighted by atomic mass is 15.0. The third kappa shape index (κ3) is 5.66. The molecule has 13 aromatic rings. The van der Waals surface area contributed by atoms with Crippen LogP contribution in [0.25, 0.3) is 127 Å². The smallest absolute Gasteiger partial charge is 0.161 e. The Hall–Kier alpha value is -8.47. The molecule has 13 rings (SSSR count). The second kappa shape index (κ2) is 14.1. The Morgan fingerprint density at radius 3 is 1.40 bits per heavy atom. The number of nitrogens with zero attached hydrogens (tertiary/aromatic N) is 4. The molecular formula is C59H36N4. The van der Waals surface area contributed by atoms with Crippen LogP contribution in [-0.4, -0.2) is 19.4 Å². The second-order valence-electron chi connectivity index (χ2n) is 16.3. The monoisotopic (exact) mass is 800 g/mol. The molecule has 4 nitrogen and oxygen atoms in total. The minimum Gasteiger partial charge on any atom is -0.299 e. The van der Waals surface area contributed by atoms with Crippen molar-refractivity contribution >= 4 is 70.3 Å². The van der Waals surface area contributed by atoms with Gasteiger partial charge in [0.05, 0.1) is 22.8 Å². The summed E-state index contributed by atoms with van der Waals surface area (Å²) in [4.78, 5) is 16.4. The lowest BCUT2D eigenvalue weighted by atomic mass is 9.92. The zero-order valence-corrected chi connectivity index (χ0v) is 34.1. The molecule has 0 fully saturated rings. The summed E-state index contributed by atoms with van der Waals surface area (Å²) in [5, 5.41) is 14.1. The van der Waals surface area contributed by atoms with E-state index in [1.54, 1.807) is 0 Å². The lowest BCUT2D eigenvalue weighted by Gasteiger charge is -2.16. The first-order valence-corrected chi connectivity index (χ1v) is 21.4. The number of pyridine rings is 1. The fraction of sp³-hybridized carbons (Fsp3) is 0. The highest BCUT2D eigenvalue weighted by molar-refractivity contribution is 6.16. The third-order valence-corrected chi connectivity index (χ3v) is 12.8. The molecule has 63 heavy (non-hydrogen) atoms. The van der Waals surface area contributed by atoms with Crippen LogP contribution in [0.1, 0.15) is 0 Å². The highest BCUT2D eigenvalue weighted by Gasteiger charge is 2.22. The standard InChI is InChI=1S/C59H36N4/c1-2-16-38-33-41(29-28-37(38)15-1)57-58(63-32-14-13-27-56(63)62-57)50-30-31-51(47-24-10-9-23-46(47)50)59-60-54(52-34-39-17-3-5-19-42(39)44-21-7-11-25-48(44)52)36-55(61-59)53-35-40-18-4-6-20-43(40)45-22-8-12-26-49(45)53/h1-36H. The number of benzene rings is 10. The van der Waals surface area contributed by atoms with E-state index >= 15 is 0 Å². The van der Waals surface area contributed by atoms with E-state index in [-0.39, 0.29) is 0 Å². The summed E-state index contributed by atoms with van der Waals surface area (Å²) in [5.41, 5.74) is 9.92. The van der Waals surface area contributed by atoms with Crippen molar-refractivity contribution in [2.24, 2.45) is 0 Å². The quantitative estimate of drug-likeness (QED) is 0.163. The summed E-state index contributed by atoms with van der Waals surface area (Å²) >= 11 is 0. The summed E-state index contributed by atoms with van der Waals surface area (Å²) in [5.74, 6) is 0.674. The van der Waals surface area contributed by atoms with E-state index < -0.39 is 0 Å². The van der Waals surface area contributed by atoms with E-state index in [9.17, 15) is 0 Å². The molecule has 0 saturated heterocycles. The van der Waals surface area contributed by atoms with Crippen LogP contribution < -0.4 is 0 Å². The summed E-state index contributed by atoms with van der Waals surface area (Å²) < 4.78 is 2.22. The van der Waals surface area contributed by atoms with Crippen LogP contribution in [-0.2, 0) is 0 Å². The topological polar surface area (TPSA) is 43.1 Å². The lowest BCUT2D eigenvalue weighted by molar-refractivity contribution is 1.19. The van der Waals surface area contributed by atoms with Gasteiger partial charge in [-0.25, -0.2) is 15.0 Å². The molecule has 0 aliphatic rings. The van der Waals surface area contributed by atoms with Crippen molar-refractivity contribution < 1.29 is 0 Å². The molecule has 4 heteroatoms. The van der Waals surface area contributed by atoms with E-state index in [1.807, 2.05) is 0 Å².